The van der Waals surface area contributed by atoms with Crippen LogP contribution in [0.1, 0.15) is 33.7 Å². The molecule has 1 heterocycles. The number of aromatic amines is 1. The molecule has 1 aromatic carbocycles. The van der Waals surface area contributed by atoms with Gasteiger partial charge in [-0.05, 0) is 54.7 Å². The maximum atomic E-state index is 9.37. The summed E-state index contributed by atoms with van der Waals surface area (Å²) in [6, 6.07) is 8.51. The molecule has 1 unspecified atom stereocenters. The number of H-pyrrole nitrogens is 1. The van der Waals surface area contributed by atoms with Crippen molar-refractivity contribution in [3.63, 3.8) is 0 Å². The number of benzene rings is 1. The van der Waals surface area contributed by atoms with Gasteiger partial charge in [0.2, 0.25) is 0 Å². The van der Waals surface area contributed by atoms with E-state index in [1.807, 2.05) is 18.5 Å². The van der Waals surface area contributed by atoms with E-state index in [1.165, 1.54) is 16.7 Å². The molecule has 2 heteroatoms. The summed E-state index contributed by atoms with van der Waals surface area (Å²) < 4.78 is 0. The monoisotopic (exact) mass is 224 g/mol. The van der Waals surface area contributed by atoms with Crippen molar-refractivity contribution < 1.29 is 0 Å². The first-order valence-electron chi connectivity index (χ1n) is 5.74. The van der Waals surface area contributed by atoms with E-state index in [9.17, 15) is 5.26 Å². The van der Waals surface area contributed by atoms with Gasteiger partial charge >= 0.3 is 0 Å². The van der Waals surface area contributed by atoms with Crippen LogP contribution >= 0.6 is 0 Å². The summed E-state index contributed by atoms with van der Waals surface area (Å²) in [5.74, 6) is -0.180. The Hall–Kier alpha value is -2.01. The Balaban J connectivity index is 2.54. The van der Waals surface area contributed by atoms with Gasteiger partial charge in [0.05, 0.1) is 12.0 Å². The zero-order valence-electron chi connectivity index (χ0n) is 10.4. The second kappa shape index (κ2) is 4.47. The Morgan fingerprint density at radius 2 is 1.88 bits per heavy atom. The Labute approximate surface area is 102 Å². The van der Waals surface area contributed by atoms with E-state index >= 15 is 0 Å². The lowest BCUT2D eigenvalue weighted by atomic mass is 9.88. The summed E-state index contributed by atoms with van der Waals surface area (Å²) in [4.78, 5) is 3.01. The van der Waals surface area contributed by atoms with Crippen LogP contribution in [0.15, 0.2) is 30.6 Å². The van der Waals surface area contributed by atoms with Crippen LogP contribution in [-0.2, 0) is 0 Å². The lowest BCUT2D eigenvalue weighted by molar-refractivity contribution is 1.01. The summed E-state index contributed by atoms with van der Waals surface area (Å²) >= 11 is 0. The molecule has 1 aromatic heterocycles. The Morgan fingerprint density at radius 1 is 1.12 bits per heavy atom. The summed E-state index contributed by atoms with van der Waals surface area (Å²) in [6.45, 7) is 6.30. The number of nitrogens with one attached hydrogen (secondary N) is 1. The molecule has 0 bridgehead atoms. The minimum atomic E-state index is -0.180. The lowest BCUT2D eigenvalue weighted by Crippen LogP contribution is -2.02. The molecular weight excluding hydrogens is 208 g/mol. The van der Waals surface area contributed by atoms with Crippen LogP contribution in [0, 0.1) is 32.1 Å². The molecule has 0 fully saturated rings. The van der Waals surface area contributed by atoms with Gasteiger partial charge in [0.1, 0.15) is 0 Å². The minimum absolute atomic E-state index is 0.180. The molecule has 2 aromatic rings. The maximum absolute atomic E-state index is 9.37. The molecule has 2 rings (SSSR count). The van der Waals surface area contributed by atoms with E-state index in [4.69, 9.17) is 0 Å². The first kappa shape index (κ1) is 11.5. The number of rotatable bonds is 2. The molecule has 0 aliphatic carbocycles. The highest BCUT2D eigenvalue weighted by atomic mass is 14.6. The van der Waals surface area contributed by atoms with Crippen LogP contribution < -0.4 is 0 Å². The first-order chi connectivity index (χ1) is 8.15. The summed E-state index contributed by atoms with van der Waals surface area (Å²) in [5.41, 5.74) is 5.90. The SMILES string of the molecule is Cc1ccc(C(C#N)c2cc[nH]c2)c(C)c1C. The summed E-state index contributed by atoms with van der Waals surface area (Å²) in [7, 11) is 0. The van der Waals surface area contributed by atoms with Gasteiger partial charge in [0.25, 0.3) is 0 Å². The first-order valence-corrected chi connectivity index (χ1v) is 5.74. The second-order valence-corrected chi connectivity index (χ2v) is 4.43. The van der Waals surface area contributed by atoms with Gasteiger partial charge in [-0.1, -0.05) is 12.1 Å². The fraction of sp³-hybridized carbons (Fsp3) is 0.267. The molecule has 0 amide bonds. The van der Waals surface area contributed by atoms with Crippen LogP contribution in [0.2, 0.25) is 0 Å². The lowest BCUT2D eigenvalue weighted by Gasteiger charge is -2.15. The molecule has 0 saturated heterocycles. The third kappa shape index (κ3) is 1.97. The van der Waals surface area contributed by atoms with Crippen LogP contribution in [0.3, 0.4) is 0 Å². The van der Waals surface area contributed by atoms with Crippen molar-refractivity contribution in [1.82, 2.24) is 4.98 Å². The normalized spacial score (nSPS) is 12.1. The highest BCUT2D eigenvalue weighted by Crippen LogP contribution is 2.29. The Bertz CT molecular complexity index is 559. The van der Waals surface area contributed by atoms with Crippen molar-refractivity contribution in [2.24, 2.45) is 0 Å². The molecule has 2 nitrogen and oxygen atoms in total. The fourth-order valence-electron chi connectivity index (χ4n) is 2.13. The predicted molar refractivity (Wildman–Crippen MR) is 68.9 cm³/mol. The molecule has 0 radical (unpaired) electrons. The van der Waals surface area contributed by atoms with Crippen LogP contribution in [0.4, 0.5) is 0 Å². The molecule has 1 N–H and O–H groups in total. The largest absolute Gasteiger partial charge is 0.367 e. The van der Waals surface area contributed by atoms with Gasteiger partial charge in [-0.3, -0.25) is 0 Å². The van der Waals surface area contributed by atoms with Crippen molar-refractivity contribution >= 4 is 0 Å². The quantitative estimate of drug-likeness (QED) is 0.831. The van der Waals surface area contributed by atoms with Crippen molar-refractivity contribution in [3.05, 3.63) is 58.4 Å². The molecular formula is C15H16N2. The Kier molecular flexibility index (Phi) is 3.01. The average molecular weight is 224 g/mol. The van der Waals surface area contributed by atoms with Crippen LogP contribution in [-0.4, -0.2) is 4.98 Å². The third-order valence-electron chi connectivity index (χ3n) is 3.50. The van der Waals surface area contributed by atoms with E-state index in [-0.39, 0.29) is 5.92 Å². The molecule has 0 aliphatic rings. The van der Waals surface area contributed by atoms with Gasteiger partial charge in [-0.2, -0.15) is 5.26 Å². The number of nitriles is 1. The Morgan fingerprint density at radius 3 is 2.47 bits per heavy atom. The number of aryl methyl sites for hydroxylation is 1. The van der Waals surface area contributed by atoms with E-state index in [0.717, 1.165) is 11.1 Å². The average Bonchev–Trinajstić information content (AvgIpc) is 2.84. The smallest absolute Gasteiger partial charge is 0.0979 e. The van der Waals surface area contributed by atoms with Crippen molar-refractivity contribution in [2.45, 2.75) is 26.7 Å². The molecule has 86 valence electrons. The minimum Gasteiger partial charge on any atom is -0.367 e. The highest BCUT2D eigenvalue weighted by Gasteiger charge is 2.17. The van der Waals surface area contributed by atoms with E-state index in [0.29, 0.717) is 0 Å². The van der Waals surface area contributed by atoms with E-state index in [1.54, 1.807) is 0 Å². The molecule has 1 atom stereocenters. The van der Waals surface area contributed by atoms with Gasteiger partial charge < -0.3 is 4.98 Å². The van der Waals surface area contributed by atoms with Crippen LogP contribution in [0.5, 0.6) is 0 Å². The van der Waals surface area contributed by atoms with Gasteiger partial charge in [-0.15, -0.1) is 0 Å². The molecule has 0 spiro atoms. The van der Waals surface area contributed by atoms with Gasteiger partial charge in [0.15, 0.2) is 0 Å². The zero-order valence-corrected chi connectivity index (χ0v) is 10.4. The maximum Gasteiger partial charge on any atom is 0.0979 e. The standard InChI is InChI=1S/C15H16N2/c1-10-4-5-14(12(3)11(10)2)15(8-16)13-6-7-17-9-13/h4-7,9,15,17H,1-3H3. The van der Waals surface area contributed by atoms with E-state index < -0.39 is 0 Å². The predicted octanol–water partition coefficient (Wildman–Crippen LogP) is 3.60. The fourth-order valence-corrected chi connectivity index (χ4v) is 2.13. The van der Waals surface area contributed by atoms with Crippen molar-refractivity contribution in [3.8, 4) is 6.07 Å². The van der Waals surface area contributed by atoms with Gasteiger partial charge in [0, 0.05) is 12.4 Å². The van der Waals surface area contributed by atoms with Gasteiger partial charge in [-0.25, -0.2) is 0 Å². The molecule has 0 aliphatic heterocycles. The molecule has 17 heavy (non-hydrogen) atoms. The number of hydrogen-bond donors (Lipinski definition) is 1. The summed E-state index contributed by atoms with van der Waals surface area (Å²) in [5, 5.41) is 9.37. The van der Waals surface area contributed by atoms with Crippen LogP contribution in [0.25, 0.3) is 0 Å². The van der Waals surface area contributed by atoms with Crippen molar-refractivity contribution in [2.75, 3.05) is 0 Å². The van der Waals surface area contributed by atoms with Crippen molar-refractivity contribution in [1.29, 1.82) is 5.26 Å². The highest BCUT2D eigenvalue weighted by molar-refractivity contribution is 5.46. The topological polar surface area (TPSA) is 39.6 Å². The molecule has 0 saturated carbocycles. The summed E-state index contributed by atoms with van der Waals surface area (Å²) in [6.07, 6.45) is 3.75. The third-order valence-corrected chi connectivity index (χ3v) is 3.50. The number of hydrogen-bond acceptors (Lipinski definition) is 1. The zero-order chi connectivity index (χ0) is 12.4. The number of nitrogens with zero attached hydrogens (tertiary/aromatic N) is 1. The second-order valence-electron chi connectivity index (χ2n) is 4.43. The number of aromatic nitrogens is 1. The van der Waals surface area contributed by atoms with E-state index in [2.05, 4.69) is 44.0 Å².